The van der Waals surface area contributed by atoms with E-state index in [-0.39, 0.29) is 10.5 Å². The fourth-order valence-corrected chi connectivity index (χ4v) is 1.31. The molecule has 3 heteroatoms. The number of hydrogen-bond acceptors (Lipinski definition) is 2. The van der Waals surface area contributed by atoms with E-state index in [2.05, 4.69) is 34.5 Å². The van der Waals surface area contributed by atoms with Crippen LogP contribution in [0.4, 0.5) is 0 Å². The van der Waals surface area contributed by atoms with Crippen molar-refractivity contribution in [3.05, 3.63) is 29.6 Å². The van der Waals surface area contributed by atoms with E-state index in [1.54, 1.807) is 0 Å². The van der Waals surface area contributed by atoms with Crippen molar-refractivity contribution in [2.24, 2.45) is 0 Å². The van der Waals surface area contributed by atoms with Gasteiger partial charge in [0.2, 0.25) is 0 Å². The number of aliphatic hydroxyl groups is 1. The summed E-state index contributed by atoms with van der Waals surface area (Å²) >= 11 is 2.19. The van der Waals surface area contributed by atoms with Gasteiger partial charge in [-0.1, -0.05) is 35.6 Å². The molecule has 1 N–H and O–H groups in total. The highest BCUT2D eigenvalue weighted by Gasteiger charge is 2.06. The van der Waals surface area contributed by atoms with Gasteiger partial charge in [0, 0.05) is 5.69 Å². The normalized spacial score (nSPS) is 12.9. The van der Waals surface area contributed by atoms with Crippen LogP contribution in [-0.4, -0.2) is 16.7 Å². The van der Waals surface area contributed by atoms with Crippen molar-refractivity contribution in [3.8, 4) is 0 Å². The minimum absolute atomic E-state index is 0.120. The Kier molecular flexibility index (Phi) is 3.94. The van der Waals surface area contributed by atoms with Gasteiger partial charge in [0.1, 0.15) is 0 Å². The zero-order valence-electron chi connectivity index (χ0n) is 7.00. The summed E-state index contributed by atoms with van der Waals surface area (Å²) in [5, 5.41) is 8.90. The van der Waals surface area contributed by atoms with Crippen molar-refractivity contribution in [1.29, 1.82) is 0 Å². The molecule has 1 atom stereocenters. The largest absolute Gasteiger partial charge is 0.395 e. The molecule has 66 valence electrons. The van der Waals surface area contributed by atoms with E-state index in [0.717, 1.165) is 17.8 Å². The van der Waals surface area contributed by atoms with Crippen LogP contribution in [0.15, 0.2) is 18.2 Å². The Morgan fingerprint density at radius 2 is 2.33 bits per heavy atom. The first kappa shape index (κ1) is 9.92. The van der Waals surface area contributed by atoms with Crippen LogP contribution >= 0.6 is 22.6 Å². The maximum atomic E-state index is 8.90. The molecular formula is C9H12INO. The zero-order valence-corrected chi connectivity index (χ0v) is 9.15. The third kappa shape index (κ3) is 2.42. The molecule has 2 nitrogen and oxygen atoms in total. The molecule has 0 saturated heterocycles. The molecule has 0 bridgehead atoms. The minimum atomic E-state index is 0.120. The number of hydrogen-bond donors (Lipinski definition) is 1. The summed E-state index contributed by atoms with van der Waals surface area (Å²) in [7, 11) is 0. The Bertz CT molecular complexity index is 252. The number of rotatable bonds is 3. The standard InChI is InChI=1S/C9H12INO/c1-2-7-4-3-5-9(11-7)8(10)6-12/h3-5,8,12H,2,6H2,1H3/t8-/m1/s1. The lowest BCUT2D eigenvalue weighted by Gasteiger charge is -2.06. The summed E-state index contributed by atoms with van der Waals surface area (Å²) in [6, 6.07) is 5.94. The van der Waals surface area contributed by atoms with Crippen LogP contribution in [0, 0.1) is 0 Å². The van der Waals surface area contributed by atoms with Crippen LogP contribution < -0.4 is 0 Å². The van der Waals surface area contributed by atoms with Crippen molar-refractivity contribution in [2.45, 2.75) is 17.3 Å². The van der Waals surface area contributed by atoms with Gasteiger partial charge in [-0.25, -0.2) is 0 Å². The Hall–Kier alpha value is -0.160. The molecule has 1 heterocycles. The molecule has 0 saturated carbocycles. The highest BCUT2D eigenvalue weighted by Crippen LogP contribution is 2.20. The van der Waals surface area contributed by atoms with Crippen molar-refractivity contribution in [1.82, 2.24) is 4.98 Å². The van der Waals surface area contributed by atoms with E-state index in [4.69, 9.17) is 5.11 Å². The molecule has 12 heavy (non-hydrogen) atoms. The SMILES string of the molecule is CCc1cccc([C@H](I)CO)n1. The third-order valence-corrected chi connectivity index (χ3v) is 2.70. The van der Waals surface area contributed by atoms with Crippen LogP contribution in [0.5, 0.6) is 0 Å². The van der Waals surface area contributed by atoms with Gasteiger partial charge in [-0.15, -0.1) is 0 Å². The molecule has 0 aromatic carbocycles. The topological polar surface area (TPSA) is 33.1 Å². The van der Waals surface area contributed by atoms with Crippen LogP contribution in [0.3, 0.4) is 0 Å². The van der Waals surface area contributed by atoms with E-state index in [9.17, 15) is 0 Å². The predicted molar refractivity (Wildman–Crippen MR) is 57.5 cm³/mol. The average Bonchev–Trinajstić information content (AvgIpc) is 2.17. The lowest BCUT2D eigenvalue weighted by atomic mass is 10.2. The monoisotopic (exact) mass is 277 g/mol. The van der Waals surface area contributed by atoms with Gasteiger partial charge in [0.25, 0.3) is 0 Å². The number of pyridine rings is 1. The van der Waals surface area contributed by atoms with Gasteiger partial charge in [0.05, 0.1) is 16.2 Å². The number of nitrogens with zero attached hydrogens (tertiary/aromatic N) is 1. The Morgan fingerprint density at radius 1 is 1.58 bits per heavy atom. The van der Waals surface area contributed by atoms with Crippen molar-refractivity contribution >= 4 is 22.6 Å². The number of halogens is 1. The number of aliphatic hydroxyl groups excluding tert-OH is 1. The van der Waals surface area contributed by atoms with Crippen molar-refractivity contribution in [3.63, 3.8) is 0 Å². The third-order valence-electron chi connectivity index (χ3n) is 1.67. The van der Waals surface area contributed by atoms with Crippen LogP contribution in [0.25, 0.3) is 0 Å². The second-order valence-corrected chi connectivity index (χ2v) is 4.06. The van der Waals surface area contributed by atoms with Crippen LogP contribution in [0.2, 0.25) is 0 Å². The van der Waals surface area contributed by atoms with E-state index >= 15 is 0 Å². The molecule has 0 unspecified atom stereocenters. The Balaban J connectivity index is 2.86. The number of aryl methyl sites for hydroxylation is 1. The fraction of sp³-hybridized carbons (Fsp3) is 0.444. The van der Waals surface area contributed by atoms with Crippen LogP contribution in [-0.2, 0) is 6.42 Å². The smallest absolute Gasteiger partial charge is 0.0763 e. The molecule has 1 rings (SSSR count). The van der Waals surface area contributed by atoms with Gasteiger partial charge in [0.15, 0.2) is 0 Å². The first-order chi connectivity index (χ1) is 5.77. The second kappa shape index (κ2) is 4.77. The van der Waals surface area contributed by atoms with Crippen molar-refractivity contribution < 1.29 is 5.11 Å². The molecular weight excluding hydrogens is 265 g/mol. The van der Waals surface area contributed by atoms with E-state index in [1.807, 2.05) is 18.2 Å². The number of aromatic nitrogens is 1. The van der Waals surface area contributed by atoms with E-state index in [0.29, 0.717) is 0 Å². The van der Waals surface area contributed by atoms with Gasteiger partial charge in [-0.2, -0.15) is 0 Å². The summed E-state index contributed by atoms with van der Waals surface area (Å²) in [5.41, 5.74) is 2.06. The summed E-state index contributed by atoms with van der Waals surface area (Å²) in [6.07, 6.45) is 0.947. The molecule has 0 aliphatic rings. The van der Waals surface area contributed by atoms with Gasteiger partial charge < -0.3 is 5.11 Å². The highest BCUT2D eigenvalue weighted by atomic mass is 127. The predicted octanol–water partition coefficient (Wildman–Crippen LogP) is 2.11. The second-order valence-electron chi connectivity index (χ2n) is 2.56. The maximum absolute atomic E-state index is 8.90. The molecule has 1 aromatic rings. The molecule has 0 radical (unpaired) electrons. The lowest BCUT2D eigenvalue weighted by molar-refractivity contribution is 0.299. The molecule has 1 aromatic heterocycles. The zero-order chi connectivity index (χ0) is 8.97. The summed E-state index contributed by atoms with van der Waals surface area (Å²) < 4.78 is 0.120. The molecule has 0 spiro atoms. The summed E-state index contributed by atoms with van der Waals surface area (Å²) in [4.78, 5) is 4.39. The first-order valence-corrected chi connectivity index (χ1v) is 5.23. The van der Waals surface area contributed by atoms with Gasteiger partial charge >= 0.3 is 0 Å². The Labute approximate surface area is 86.2 Å². The molecule has 0 fully saturated rings. The Morgan fingerprint density at radius 3 is 2.92 bits per heavy atom. The highest BCUT2D eigenvalue weighted by molar-refractivity contribution is 14.1. The maximum Gasteiger partial charge on any atom is 0.0763 e. The lowest BCUT2D eigenvalue weighted by Crippen LogP contribution is -2.00. The number of alkyl halides is 1. The van der Waals surface area contributed by atoms with E-state index < -0.39 is 0 Å². The molecule has 0 aliphatic heterocycles. The average molecular weight is 277 g/mol. The first-order valence-electron chi connectivity index (χ1n) is 3.98. The van der Waals surface area contributed by atoms with Crippen molar-refractivity contribution in [2.75, 3.05) is 6.61 Å². The van der Waals surface area contributed by atoms with Gasteiger partial charge in [-0.05, 0) is 18.6 Å². The van der Waals surface area contributed by atoms with E-state index in [1.165, 1.54) is 0 Å². The minimum Gasteiger partial charge on any atom is -0.395 e. The fourth-order valence-electron chi connectivity index (χ4n) is 0.963. The quantitative estimate of drug-likeness (QED) is 0.678. The van der Waals surface area contributed by atoms with Gasteiger partial charge in [-0.3, -0.25) is 4.98 Å². The summed E-state index contributed by atoms with van der Waals surface area (Å²) in [6.45, 7) is 2.23. The molecule has 0 amide bonds. The summed E-state index contributed by atoms with van der Waals surface area (Å²) in [5.74, 6) is 0. The van der Waals surface area contributed by atoms with Crippen LogP contribution in [0.1, 0.15) is 22.2 Å². The molecule has 0 aliphatic carbocycles.